The Morgan fingerprint density at radius 2 is 1.64 bits per heavy atom. The summed E-state index contributed by atoms with van der Waals surface area (Å²) >= 11 is 1.83. The number of thioether (sulfide) groups is 1. The second-order valence-electron chi connectivity index (χ2n) is 5.57. The number of urea groups is 1. The summed E-state index contributed by atoms with van der Waals surface area (Å²) in [6, 6.07) is 12.2. The van der Waals surface area contributed by atoms with Crippen LogP contribution in [-0.4, -0.2) is 41.4 Å². The molecule has 0 unspecified atom stereocenters. The molecule has 7 heteroatoms. The molecule has 3 rings (SSSR count). The molecule has 2 N–H and O–H groups in total. The first-order valence-corrected chi connectivity index (χ1v) is 9.08. The molecular formula is C18H18FN3O2S. The largest absolute Gasteiger partial charge is 0.323 e. The fraction of sp³-hybridized carbons (Fsp3) is 0.222. The van der Waals surface area contributed by atoms with Gasteiger partial charge in [-0.05, 0) is 36.4 Å². The van der Waals surface area contributed by atoms with E-state index in [2.05, 4.69) is 10.6 Å². The molecule has 1 aliphatic heterocycles. The molecule has 0 radical (unpaired) electrons. The van der Waals surface area contributed by atoms with Gasteiger partial charge >= 0.3 is 6.03 Å². The second-order valence-corrected chi connectivity index (χ2v) is 6.80. The molecule has 0 aliphatic carbocycles. The highest BCUT2D eigenvalue weighted by Crippen LogP contribution is 2.16. The van der Waals surface area contributed by atoms with Gasteiger partial charge in [-0.15, -0.1) is 0 Å². The number of nitrogens with zero attached hydrogens (tertiary/aromatic N) is 1. The molecule has 130 valence electrons. The minimum Gasteiger partial charge on any atom is -0.323 e. The van der Waals surface area contributed by atoms with E-state index in [-0.39, 0.29) is 11.9 Å². The van der Waals surface area contributed by atoms with E-state index in [1.165, 1.54) is 18.2 Å². The van der Waals surface area contributed by atoms with Crippen molar-refractivity contribution < 1.29 is 14.0 Å². The number of amides is 3. The minimum atomic E-state index is -0.418. The summed E-state index contributed by atoms with van der Waals surface area (Å²) in [6.07, 6.45) is 0. The summed E-state index contributed by atoms with van der Waals surface area (Å²) in [5.41, 5.74) is 1.32. The first kappa shape index (κ1) is 17.3. The van der Waals surface area contributed by atoms with E-state index in [4.69, 9.17) is 0 Å². The number of hydrogen-bond donors (Lipinski definition) is 2. The Labute approximate surface area is 149 Å². The van der Waals surface area contributed by atoms with Crippen molar-refractivity contribution in [3.8, 4) is 0 Å². The van der Waals surface area contributed by atoms with Gasteiger partial charge in [0.15, 0.2) is 0 Å². The maximum Gasteiger partial charge on any atom is 0.321 e. The second kappa shape index (κ2) is 8.02. The zero-order valence-corrected chi connectivity index (χ0v) is 14.3. The van der Waals surface area contributed by atoms with Crippen LogP contribution in [0, 0.1) is 5.82 Å². The number of hydrogen-bond acceptors (Lipinski definition) is 3. The Morgan fingerprint density at radius 1 is 0.960 bits per heavy atom. The van der Waals surface area contributed by atoms with Crippen LogP contribution in [0.4, 0.5) is 20.6 Å². The van der Waals surface area contributed by atoms with E-state index in [0.717, 1.165) is 24.6 Å². The predicted molar refractivity (Wildman–Crippen MR) is 98.7 cm³/mol. The Balaban J connectivity index is 1.66. The highest BCUT2D eigenvalue weighted by molar-refractivity contribution is 7.99. The maximum atomic E-state index is 13.2. The quantitative estimate of drug-likeness (QED) is 0.879. The van der Waals surface area contributed by atoms with Crippen molar-refractivity contribution in [2.45, 2.75) is 0 Å². The van der Waals surface area contributed by atoms with E-state index in [1.54, 1.807) is 35.2 Å². The Hall–Kier alpha value is -2.54. The molecule has 1 fully saturated rings. The zero-order valence-electron chi connectivity index (χ0n) is 13.5. The van der Waals surface area contributed by atoms with Gasteiger partial charge in [0, 0.05) is 41.5 Å². The highest BCUT2D eigenvalue weighted by atomic mass is 32.2. The number of halogens is 1. The summed E-state index contributed by atoms with van der Waals surface area (Å²) in [5, 5.41) is 5.46. The van der Waals surface area contributed by atoms with E-state index >= 15 is 0 Å². The Bertz CT molecular complexity index is 778. The van der Waals surface area contributed by atoms with Crippen LogP contribution < -0.4 is 10.6 Å². The van der Waals surface area contributed by atoms with E-state index < -0.39 is 5.82 Å². The monoisotopic (exact) mass is 359 g/mol. The molecular weight excluding hydrogens is 341 g/mol. The van der Waals surface area contributed by atoms with Gasteiger partial charge in [0.05, 0.1) is 0 Å². The molecule has 0 atom stereocenters. The van der Waals surface area contributed by atoms with Gasteiger partial charge in [0.2, 0.25) is 0 Å². The number of benzene rings is 2. The lowest BCUT2D eigenvalue weighted by molar-refractivity contribution is 0.102. The molecule has 0 aromatic heterocycles. The van der Waals surface area contributed by atoms with Crippen LogP contribution in [0.3, 0.4) is 0 Å². The first-order chi connectivity index (χ1) is 12.1. The maximum absolute atomic E-state index is 13.2. The van der Waals surface area contributed by atoms with Gasteiger partial charge in [-0.25, -0.2) is 9.18 Å². The third-order valence-corrected chi connectivity index (χ3v) is 4.70. The van der Waals surface area contributed by atoms with Crippen LogP contribution in [0.2, 0.25) is 0 Å². The first-order valence-electron chi connectivity index (χ1n) is 7.92. The molecule has 0 bridgehead atoms. The normalized spacial score (nSPS) is 14.0. The topological polar surface area (TPSA) is 61.4 Å². The molecule has 2 aromatic carbocycles. The lowest BCUT2D eigenvalue weighted by Gasteiger charge is -2.26. The highest BCUT2D eigenvalue weighted by Gasteiger charge is 2.17. The van der Waals surface area contributed by atoms with Crippen molar-refractivity contribution in [3.05, 3.63) is 59.9 Å². The molecule has 2 aromatic rings. The van der Waals surface area contributed by atoms with Gasteiger partial charge < -0.3 is 15.5 Å². The lowest BCUT2D eigenvalue weighted by atomic mass is 10.2. The van der Waals surface area contributed by atoms with E-state index in [9.17, 15) is 14.0 Å². The van der Waals surface area contributed by atoms with Crippen LogP contribution in [0.5, 0.6) is 0 Å². The van der Waals surface area contributed by atoms with Crippen molar-refractivity contribution in [1.82, 2.24) is 4.90 Å². The van der Waals surface area contributed by atoms with Crippen LogP contribution in [0.1, 0.15) is 10.4 Å². The molecule has 5 nitrogen and oxygen atoms in total. The zero-order chi connectivity index (χ0) is 17.6. The van der Waals surface area contributed by atoms with Gasteiger partial charge in [0.1, 0.15) is 5.82 Å². The Kier molecular flexibility index (Phi) is 5.55. The number of anilines is 2. The fourth-order valence-corrected chi connectivity index (χ4v) is 3.38. The molecule has 0 saturated carbocycles. The fourth-order valence-electron chi connectivity index (χ4n) is 2.48. The van der Waals surface area contributed by atoms with Crippen LogP contribution in [-0.2, 0) is 0 Å². The molecule has 1 saturated heterocycles. The standard InChI is InChI=1S/C18H18FN3O2S/c19-14-4-2-6-16(12-14)20-17(23)13-3-1-5-15(11-13)21-18(24)22-7-9-25-10-8-22/h1-6,11-12H,7-10H2,(H,20,23)(H,21,24). The summed E-state index contributed by atoms with van der Waals surface area (Å²) in [5.74, 6) is 1.09. The van der Waals surface area contributed by atoms with Gasteiger partial charge in [-0.3, -0.25) is 4.79 Å². The van der Waals surface area contributed by atoms with Crippen molar-refractivity contribution in [2.24, 2.45) is 0 Å². The third-order valence-electron chi connectivity index (χ3n) is 3.76. The van der Waals surface area contributed by atoms with E-state index in [0.29, 0.717) is 16.9 Å². The van der Waals surface area contributed by atoms with Gasteiger partial charge in [0.25, 0.3) is 5.91 Å². The average Bonchev–Trinajstić information content (AvgIpc) is 2.62. The lowest BCUT2D eigenvalue weighted by Crippen LogP contribution is -2.40. The molecule has 3 amide bonds. The number of nitrogens with one attached hydrogen (secondary N) is 2. The average molecular weight is 359 g/mol. The number of rotatable bonds is 3. The summed E-state index contributed by atoms with van der Waals surface area (Å²) in [6.45, 7) is 1.44. The van der Waals surface area contributed by atoms with Crippen LogP contribution >= 0.6 is 11.8 Å². The predicted octanol–water partition coefficient (Wildman–Crippen LogP) is 3.66. The van der Waals surface area contributed by atoms with Crippen LogP contribution in [0.25, 0.3) is 0 Å². The molecule has 1 heterocycles. The minimum absolute atomic E-state index is 0.164. The molecule has 25 heavy (non-hydrogen) atoms. The van der Waals surface area contributed by atoms with Gasteiger partial charge in [-0.1, -0.05) is 12.1 Å². The SMILES string of the molecule is O=C(Nc1cccc(F)c1)c1cccc(NC(=O)N2CCSCC2)c1. The summed E-state index contributed by atoms with van der Waals surface area (Å²) in [7, 11) is 0. The van der Waals surface area contributed by atoms with Crippen molar-refractivity contribution >= 4 is 35.1 Å². The smallest absolute Gasteiger partial charge is 0.321 e. The number of carbonyl (C=O) groups is 2. The summed E-state index contributed by atoms with van der Waals surface area (Å²) < 4.78 is 13.2. The Morgan fingerprint density at radius 3 is 2.36 bits per heavy atom. The van der Waals surface area contributed by atoms with E-state index in [1.807, 2.05) is 11.8 Å². The van der Waals surface area contributed by atoms with Crippen molar-refractivity contribution in [3.63, 3.8) is 0 Å². The van der Waals surface area contributed by atoms with Gasteiger partial charge in [-0.2, -0.15) is 11.8 Å². The van der Waals surface area contributed by atoms with Crippen molar-refractivity contribution in [1.29, 1.82) is 0 Å². The molecule has 1 aliphatic rings. The third kappa shape index (κ3) is 4.73. The van der Waals surface area contributed by atoms with Crippen molar-refractivity contribution in [2.75, 3.05) is 35.2 Å². The van der Waals surface area contributed by atoms with Crippen LogP contribution in [0.15, 0.2) is 48.5 Å². The number of carbonyl (C=O) groups excluding carboxylic acids is 2. The summed E-state index contributed by atoms with van der Waals surface area (Å²) in [4.78, 5) is 26.3. The molecule has 0 spiro atoms.